The molecule has 1 aliphatic carbocycles. The molecular formula is C14H25NO3. The number of nitrogens with two attached hydrogens (primary N) is 1. The van der Waals surface area contributed by atoms with Crippen molar-refractivity contribution in [2.75, 3.05) is 13.2 Å². The van der Waals surface area contributed by atoms with Crippen LogP contribution in [0.2, 0.25) is 0 Å². The standard InChI is InChI=1S/C14H25NO3/c1-4-5-8-17-14(16)11-6-7-12(13(11)15)18-9-10(2)3/h10,12H,4-9,15H2,1-3H3. The molecule has 0 saturated heterocycles. The maximum Gasteiger partial charge on any atom is 0.335 e. The number of carbonyl (C=O) groups excluding carboxylic acids is 1. The monoisotopic (exact) mass is 255 g/mol. The fourth-order valence-electron chi connectivity index (χ4n) is 1.87. The highest BCUT2D eigenvalue weighted by molar-refractivity contribution is 5.90. The molecule has 104 valence electrons. The Morgan fingerprint density at radius 2 is 2.22 bits per heavy atom. The van der Waals surface area contributed by atoms with Gasteiger partial charge in [-0.15, -0.1) is 0 Å². The molecule has 0 heterocycles. The van der Waals surface area contributed by atoms with Gasteiger partial charge in [0.15, 0.2) is 0 Å². The van der Waals surface area contributed by atoms with E-state index in [2.05, 4.69) is 20.8 Å². The van der Waals surface area contributed by atoms with Crippen molar-refractivity contribution in [3.05, 3.63) is 11.3 Å². The van der Waals surface area contributed by atoms with E-state index in [4.69, 9.17) is 15.2 Å². The van der Waals surface area contributed by atoms with E-state index in [0.717, 1.165) is 19.3 Å². The van der Waals surface area contributed by atoms with Crippen molar-refractivity contribution in [1.82, 2.24) is 0 Å². The van der Waals surface area contributed by atoms with E-state index in [1.807, 2.05) is 0 Å². The van der Waals surface area contributed by atoms with Crippen molar-refractivity contribution in [3.8, 4) is 0 Å². The minimum atomic E-state index is -0.267. The number of carbonyl (C=O) groups is 1. The number of esters is 1. The van der Waals surface area contributed by atoms with Gasteiger partial charge in [-0.3, -0.25) is 0 Å². The third-order valence-electron chi connectivity index (χ3n) is 2.96. The molecule has 0 spiro atoms. The van der Waals surface area contributed by atoms with Crippen LogP contribution in [-0.2, 0) is 14.3 Å². The van der Waals surface area contributed by atoms with Crippen LogP contribution in [0.25, 0.3) is 0 Å². The minimum absolute atomic E-state index is 0.110. The Morgan fingerprint density at radius 1 is 1.50 bits per heavy atom. The second-order valence-corrected chi connectivity index (χ2v) is 5.18. The number of unbranched alkanes of at least 4 members (excludes halogenated alkanes) is 1. The summed E-state index contributed by atoms with van der Waals surface area (Å²) in [6.07, 6.45) is 3.26. The molecule has 0 fully saturated rings. The Labute approximate surface area is 110 Å². The van der Waals surface area contributed by atoms with Gasteiger partial charge in [0, 0.05) is 12.3 Å². The van der Waals surface area contributed by atoms with E-state index in [1.165, 1.54) is 0 Å². The van der Waals surface area contributed by atoms with Crippen LogP contribution >= 0.6 is 0 Å². The smallest absolute Gasteiger partial charge is 0.335 e. The molecule has 1 unspecified atom stereocenters. The van der Waals surface area contributed by atoms with Gasteiger partial charge in [0.1, 0.15) is 0 Å². The lowest BCUT2D eigenvalue weighted by Gasteiger charge is -2.14. The summed E-state index contributed by atoms with van der Waals surface area (Å²) in [4.78, 5) is 11.8. The average molecular weight is 255 g/mol. The molecule has 4 nitrogen and oxygen atoms in total. The molecule has 1 aliphatic rings. The van der Waals surface area contributed by atoms with Crippen LogP contribution in [0, 0.1) is 5.92 Å². The third-order valence-corrected chi connectivity index (χ3v) is 2.96. The Morgan fingerprint density at radius 3 is 2.83 bits per heavy atom. The summed E-state index contributed by atoms with van der Waals surface area (Å²) >= 11 is 0. The maximum atomic E-state index is 11.8. The van der Waals surface area contributed by atoms with Crippen LogP contribution in [0.1, 0.15) is 46.5 Å². The summed E-state index contributed by atoms with van der Waals surface area (Å²) in [7, 11) is 0. The number of rotatable bonds is 7. The van der Waals surface area contributed by atoms with Crippen molar-refractivity contribution < 1.29 is 14.3 Å². The first kappa shape index (κ1) is 15.0. The molecule has 0 radical (unpaired) electrons. The molecule has 18 heavy (non-hydrogen) atoms. The van der Waals surface area contributed by atoms with E-state index in [0.29, 0.717) is 36.8 Å². The Bertz CT molecular complexity index is 310. The normalized spacial score (nSPS) is 19.7. The fraction of sp³-hybridized carbons (Fsp3) is 0.786. The SMILES string of the molecule is CCCCOC(=O)C1=C(N)C(OCC(C)C)CC1. The summed E-state index contributed by atoms with van der Waals surface area (Å²) in [5.74, 6) is 0.204. The van der Waals surface area contributed by atoms with E-state index < -0.39 is 0 Å². The van der Waals surface area contributed by atoms with Crippen molar-refractivity contribution in [1.29, 1.82) is 0 Å². The molecule has 0 bridgehead atoms. The first-order valence-corrected chi connectivity index (χ1v) is 6.83. The lowest BCUT2D eigenvalue weighted by Crippen LogP contribution is -2.21. The zero-order valence-electron chi connectivity index (χ0n) is 11.7. The molecule has 1 rings (SSSR count). The number of hydrogen-bond donors (Lipinski definition) is 1. The summed E-state index contributed by atoms with van der Waals surface area (Å²) in [6.45, 7) is 7.39. The molecule has 4 heteroatoms. The second kappa shape index (κ2) is 7.41. The van der Waals surface area contributed by atoms with Crippen LogP contribution in [0.5, 0.6) is 0 Å². The molecule has 0 aromatic rings. The summed E-state index contributed by atoms with van der Waals surface area (Å²) in [6, 6.07) is 0. The second-order valence-electron chi connectivity index (χ2n) is 5.18. The summed E-state index contributed by atoms with van der Waals surface area (Å²) in [5.41, 5.74) is 7.15. The topological polar surface area (TPSA) is 61.5 Å². The highest BCUT2D eigenvalue weighted by Gasteiger charge is 2.29. The Balaban J connectivity index is 2.47. The Kier molecular flexibility index (Phi) is 6.19. The maximum absolute atomic E-state index is 11.8. The lowest BCUT2D eigenvalue weighted by atomic mass is 10.2. The molecule has 1 atom stereocenters. The lowest BCUT2D eigenvalue weighted by molar-refractivity contribution is -0.139. The van der Waals surface area contributed by atoms with Gasteiger partial charge in [0.2, 0.25) is 0 Å². The molecule has 0 amide bonds. The summed E-state index contributed by atoms with van der Waals surface area (Å²) in [5, 5.41) is 0. The fourth-order valence-corrected chi connectivity index (χ4v) is 1.87. The predicted molar refractivity (Wildman–Crippen MR) is 70.9 cm³/mol. The van der Waals surface area contributed by atoms with Crippen LogP contribution in [0.4, 0.5) is 0 Å². The van der Waals surface area contributed by atoms with Crippen molar-refractivity contribution >= 4 is 5.97 Å². The van der Waals surface area contributed by atoms with Crippen molar-refractivity contribution in [2.45, 2.75) is 52.6 Å². The van der Waals surface area contributed by atoms with Gasteiger partial charge in [-0.25, -0.2) is 4.79 Å². The van der Waals surface area contributed by atoms with Gasteiger partial charge in [-0.05, 0) is 25.2 Å². The summed E-state index contributed by atoms with van der Waals surface area (Å²) < 4.78 is 10.9. The molecule has 0 aromatic heterocycles. The first-order valence-electron chi connectivity index (χ1n) is 6.83. The zero-order valence-corrected chi connectivity index (χ0v) is 11.7. The Hall–Kier alpha value is -1.03. The average Bonchev–Trinajstić information content (AvgIpc) is 2.68. The molecule has 0 saturated carbocycles. The van der Waals surface area contributed by atoms with E-state index in [9.17, 15) is 4.79 Å². The first-order chi connectivity index (χ1) is 8.56. The van der Waals surface area contributed by atoms with Crippen molar-refractivity contribution in [3.63, 3.8) is 0 Å². The van der Waals surface area contributed by atoms with E-state index >= 15 is 0 Å². The van der Waals surface area contributed by atoms with Crippen LogP contribution in [-0.4, -0.2) is 25.3 Å². The third kappa shape index (κ3) is 4.33. The number of ether oxygens (including phenoxy) is 2. The molecular weight excluding hydrogens is 230 g/mol. The zero-order chi connectivity index (χ0) is 13.5. The van der Waals surface area contributed by atoms with E-state index in [-0.39, 0.29) is 12.1 Å². The van der Waals surface area contributed by atoms with Gasteiger partial charge in [0.05, 0.1) is 18.3 Å². The minimum Gasteiger partial charge on any atom is -0.462 e. The van der Waals surface area contributed by atoms with Crippen molar-refractivity contribution in [2.24, 2.45) is 11.7 Å². The molecule has 0 aromatic carbocycles. The van der Waals surface area contributed by atoms with Gasteiger partial charge in [-0.1, -0.05) is 27.2 Å². The molecule has 2 N–H and O–H groups in total. The van der Waals surface area contributed by atoms with Crippen LogP contribution < -0.4 is 5.73 Å². The van der Waals surface area contributed by atoms with Gasteiger partial charge >= 0.3 is 5.97 Å². The molecule has 0 aliphatic heterocycles. The van der Waals surface area contributed by atoms with Gasteiger partial charge in [-0.2, -0.15) is 0 Å². The van der Waals surface area contributed by atoms with Crippen LogP contribution in [0.15, 0.2) is 11.3 Å². The highest BCUT2D eigenvalue weighted by Crippen LogP contribution is 2.26. The largest absolute Gasteiger partial charge is 0.462 e. The van der Waals surface area contributed by atoms with Gasteiger partial charge < -0.3 is 15.2 Å². The highest BCUT2D eigenvalue weighted by atomic mass is 16.5. The number of hydrogen-bond acceptors (Lipinski definition) is 4. The predicted octanol–water partition coefficient (Wildman–Crippen LogP) is 2.38. The van der Waals surface area contributed by atoms with Crippen LogP contribution in [0.3, 0.4) is 0 Å². The van der Waals surface area contributed by atoms with Gasteiger partial charge in [0.25, 0.3) is 0 Å². The van der Waals surface area contributed by atoms with E-state index in [1.54, 1.807) is 0 Å². The quantitative estimate of drug-likeness (QED) is 0.560.